The fourth-order valence-corrected chi connectivity index (χ4v) is 1.13. The van der Waals surface area contributed by atoms with Gasteiger partial charge < -0.3 is 11.1 Å². The standard InChI is InChI=1S/C11H13FN2OS/c1-7(10(13)16)6-14-11(15)8-2-4-9(12)5-3-8/h2-5,7H,6H2,1H3,(H2,13,16)(H,14,15). The van der Waals surface area contributed by atoms with Crippen molar-refractivity contribution < 1.29 is 9.18 Å². The van der Waals surface area contributed by atoms with E-state index < -0.39 is 0 Å². The summed E-state index contributed by atoms with van der Waals surface area (Å²) in [5.41, 5.74) is 5.82. The maximum atomic E-state index is 12.6. The van der Waals surface area contributed by atoms with Crippen LogP contribution in [0, 0.1) is 11.7 Å². The summed E-state index contributed by atoms with van der Waals surface area (Å²) in [4.78, 5) is 11.9. The Morgan fingerprint density at radius 2 is 2.06 bits per heavy atom. The lowest BCUT2D eigenvalue weighted by Gasteiger charge is -2.10. The van der Waals surface area contributed by atoms with Crippen LogP contribution < -0.4 is 11.1 Å². The summed E-state index contributed by atoms with van der Waals surface area (Å²) in [5.74, 6) is -0.685. The molecule has 0 aromatic heterocycles. The number of amides is 1. The molecule has 16 heavy (non-hydrogen) atoms. The molecule has 1 aromatic carbocycles. The van der Waals surface area contributed by atoms with E-state index in [1.165, 1.54) is 24.3 Å². The third kappa shape index (κ3) is 3.58. The van der Waals surface area contributed by atoms with Crippen molar-refractivity contribution in [2.24, 2.45) is 11.7 Å². The highest BCUT2D eigenvalue weighted by Gasteiger charge is 2.09. The number of nitrogens with two attached hydrogens (primary N) is 1. The second-order valence-electron chi connectivity index (χ2n) is 3.52. The zero-order chi connectivity index (χ0) is 12.1. The largest absolute Gasteiger partial charge is 0.393 e. The third-order valence-electron chi connectivity index (χ3n) is 2.16. The number of nitrogens with one attached hydrogen (secondary N) is 1. The van der Waals surface area contributed by atoms with Gasteiger partial charge in [-0.1, -0.05) is 19.1 Å². The third-order valence-corrected chi connectivity index (χ3v) is 2.56. The summed E-state index contributed by atoms with van der Waals surface area (Å²) in [5, 5.41) is 2.67. The van der Waals surface area contributed by atoms with Crippen LogP contribution in [-0.4, -0.2) is 17.4 Å². The molecule has 1 unspecified atom stereocenters. The Balaban J connectivity index is 2.53. The van der Waals surface area contributed by atoms with Gasteiger partial charge in [0.1, 0.15) is 5.82 Å². The molecule has 0 aliphatic heterocycles. The van der Waals surface area contributed by atoms with E-state index in [4.69, 9.17) is 18.0 Å². The average molecular weight is 240 g/mol. The Bertz CT molecular complexity index is 391. The molecule has 0 radical (unpaired) electrons. The van der Waals surface area contributed by atoms with E-state index in [0.717, 1.165) is 0 Å². The zero-order valence-electron chi connectivity index (χ0n) is 8.87. The molecular formula is C11H13FN2OS. The number of hydrogen-bond acceptors (Lipinski definition) is 2. The minimum absolute atomic E-state index is 0.0561. The first-order valence-electron chi connectivity index (χ1n) is 4.84. The van der Waals surface area contributed by atoms with Crippen molar-refractivity contribution in [3.8, 4) is 0 Å². The Morgan fingerprint density at radius 1 is 1.50 bits per heavy atom. The molecule has 0 saturated carbocycles. The molecule has 0 heterocycles. The normalized spacial score (nSPS) is 11.9. The summed E-state index contributed by atoms with van der Waals surface area (Å²) in [7, 11) is 0. The topological polar surface area (TPSA) is 55.1 Å². The van der Waals surface area contributed by atoms with E-state index in [-0.39, 0.29) is 17.6 Å². The molecule has 5 heteroatoms. The molecule has 1 rings (SSSR count). The molecule has 1 atom stereocenters. The number of benzene rings is 1. The predicted octanol–water partition coefficient (Wildman–Crippen LogP) is 1.48. The maximum Gasteiger partial charge on any atom is 0.251 e. The highest BCUT2D eigenvalue weighted by Crippen LogP contribution is 2.02. The van der Waals surface area contributed by atoms with Crippen LogP contribution in [-0.2, 0) is 0 Å². The van der Waals surface area contributed by atoms with Gasteiger partial charge in [0.15, 0.2) is 0 Å². The van der Waals surface area contributed by atoms with Crippen LogP contribution in [0.1, 0.15) is 17.3 Å². The van der Waals surface area contributed by atoms with E-state index in [1.807, 2.05) is 6.92 Å². The molecule has 86 valence electrons. The van der Waals surface area contributed by atoms with E-state index in [2.05, 4.69) is 5.32 Å². The second-order valence-corrected chi connectivity index (χ2v) is 3.99. The molecule has 0 saturated heterocycles. The number of carbonyl (C=O) groups is 1. The number of halogens is 1. The molecular weight excluding hydrogens is 227 g/mol. The Kier molecular flexibility index (Phi) is 4.37. The van der Waals surface area contributed by atoms with Gasteiger partial charge in [-0.05, 0) is 24.3 Å². The molecule has 0 spiro atoms. The van der Waals surface area contributed by atoms with Crippen molar-refractivity contribution in [2.45, 2.75) is 6.92 Å². The lowest BCUT2D eigenvalue weighted by atomic mass is 10.1. The molecule has 1 amide bonds. The summed E-state index contributed by atoms with van der Waals surface area (Å²) >= 11 is 4.78. The molecule has 0 bridgehead atoms. The first-order valence-corrected chi connectivity index (χ1v) is 5.24. The highest BCUT2D eigenvalue weighted by atomic mass is 32.1. The quantitative estimate of drug-likeness (QED) is 0.784. The lowest BCUT2D eigenvalue weighted by Crippen LogP contribution is -2.33. The average Bonchev–Trinajstić information content (AvgIpc) is 2.26. The fourth-order valence-electron chi connectivity index (χ4n) is 1.05. The van der Waals surface area contributed by atoms with Crippen molar-refractivity contribution in [2.75, 3.05) is 6.54 Å². The first-order chi connectivity index (χ1) is 7.50. The molecule has 0 aliphatic rings. The van der Waals surface area contributed by atoms with Gasteiger partial charge in [-0.3, -0.25) is 4.79 Å². The summed E-state index contributed by atoms with van der Waals surface area (Å²) in [6.45, 7) is 2.21. The smallest absolute Gasteiger partial charge is 0.251 e. The second kappa shape index (κ2) is 5.55. The summed E-state index contributed by atoms with van der Waals surface area (Å²) < 4.78 is 12.6. The van der Waals surface area contributed by atoms with Gasteiger partial charge in [-0.2, -0.15) is 0 Å². The van der Waals surface area contributed by atoms with Crippen LogP contribution in [0.3, 0.4) is 0 Å². The Hall–Kier alpha value is -1.49. The van der Waals surface area contributed by atoms with Crippen LogP contribution >= 0.6 is 12.2 Å². The van der Waals surface area contributed by atoms with Gasteiger partial charge >= 0.3 is 0 Å². The van der Waals surface area contributed by atoms with Crippen LogP contribution in [0.5, 0.6) is 0 Å². The molecule has 0 fully saturated rings. The van der Waals surface area contributed by atoms with Gasteiger partial charge in [0, 0.05) is 18.0 Å². The van der Waals surface area contributed by atoms with Gasteiger partial charge in [0.25, 0.3) is 5.91 Å². The minimum Gasteiger partial charge on any atom is -0.393 e. The number of rotatable bonds is 4. The van der Waals surface area contributed by atoms with Gasteiger partial charge in [-0.15, -0.1) is 0 Å². The molecule has 0 aliphatic carbocycles. The van der Waals surface area contributed by atoms with Crippen LogP contribution in [0.15, 0.2) is 24.3 Å². The Morgan fingerprint density at radius 3 is 2.56 bits per heavy atom. The van der Waals surface area contributed by atoms with Gasteiger partial charge in [-0.25, -0.2) is 4.39 Å². The number of carbonyl (C=O) groups excluding carboxylic acids is 1. The fraction of sp³-hybridized carbons (Fsp3) is 0.273. The minimum atomic E-state index is -0.368. The zero-order valence-corrected chi connectivity index (χ0v) is 9.68. The van der Waals surface area contributed by atoms with Gasteiger partial charge in [0.05, 0.1) is 4.99 Å². The van der Waals surface area contributed by atoms with Crippen LogP contribution in [0.4, 0.5) is 4.39 Å². The van der Waals surface area contributed by atoms with E-state index in [9.17, 15) is 9.18 Å². The lowest BCUT2D eigenvalue weighted by molar-refractivity contribution is 0.0951. The van der Waals surface area contributed by atoms with E-state index in [0.29, 0.717) is 17.1 Å². The first kappa shape index (κ1) is 12.6. The van der Waals surface area contributed by atoms with Crippen molar-refractivity contribution in [3.05, 3.63) is 35.6 Å². The molecule has 3 nitrogen and oxygen atoms in total. The van der Waals surface area contributed by atoms with E-state index in [1.54, 1.807) is 0 Å². The monoisotopic (exact) mass is 240 g/mol. The van der Waals surface area contributed by atoms with Crippen molar-refractivity contribution >= 4 is 23.1 Å². The summed E-state index contributed by atoms with van der Waals surface area (Å²) in [6.07, 6.45) is 0. The highest BCUT2D eigenvalue weighted by molar-refractivity contribution is 7.80. The predicted molar refractivity (Wildman–Crippen MR) is 64.7 cm³/mol. The number of hydrogen-bond donors (Lipinski definition) is 2. The van der Waals surface area contributed by atoms with Crippen LogP contribution in [0.25, 0.3) is 0 Å². The van der Waals surface area contributed by atoms with Crippen molar-refractivity contribution in [1.82, 2.24) is 5.32 Å². The Labute approximate surface area is 98.8 Å². The van der Waals surface area contributed by atoms with Gasteiger partial charge in [0.2, 0.25) is 0 Å². The molecule has 3 N–H and O–H groups in total. The van der Waals surface area contributed by atoms with E-state index >= 15 is 0 Å². The van der Waals surface area contributed by atoms with Crippen LogP contribution in [0.2, 0.25) is 0 Å². The SMILES string of the molecule is CC(CNC(=O)c1ccc(F)cc1)C(N)=S. The summed E-state index contributed by atoms with van der Waals surface area (Å²) in [6, 6.07) is 5.34. The van der Waals surface area contributed by atoms with Crippen molar-refractivity contribution in [1.29, 1.82) is 0 Å². The maximum absolute atomic E-state index is 12.6. The van der Waals surface area contributed by atoms with Crippen molar-refractivity contribution in [3.63, 3.8) is 0 Å². The molecule has 1 aromatic rings. The number of thiocarbonyl (C=S) groups is 1.